The Kier molecular flexibility index (Phi) is 3.28. The molecule has 0 aromatic heterocycles. The average molecular weight is 282 g/mol. The summed E-state index contributed by atoms with van der Waals surface area (Å²) >= 11 is 0. The van der Waals surface area contributed by atoms with Crippen LogP contribution in [0.2, 0.25) is 0 Å². The van der Waals surface area contributed by atoms with Crippen LogP contribution in [0.5, 0.6) is 0 Å². The van der Waals surface area contributed by atoms with Gasteiger partial charge in [0.2, 0.25) is 5.91 Å². The van der Waals surface area contributed by atoms with E-state index in [1.807, 2.05) is 24.4 Å². The third-order valence-corrected chi connectivity index (χ3v) is 5.59. The highest BCUT2D eigenvalue weighted by Gasteiger charge is 2.44. The maximum absolute atomic E-state index is 12.1. The second-order valence-corrected chi connectivity index (χ2v) is 6.95. The molecule has 3 heteroatoms. The molecule has 3 aliphatic carbocycles. The van der Waals surface area contributed by atoms with Crippen molar-refractivity contribution in [2.75, 3.05) is 0 Å². The number of hydrazone groups is 1. The Hall–Kier alpha value is -1.64. The Labute approximate surface area is 125 Å². The van der Waals surface area contributed by atoms with Gasteiger partial charge < -0.3 is 0 Å². The molecule has 4 rings (SSSR count). The summed E-state index contributed by atoms with van der Waals surface area (Å²) in [6.45, 7) is 0. The van der Waals surface area contributed by atoms with Crippen molar-refractivity contribution >= 4 is 12.1 Å². The fraction of sp³-hybridized carbons (Fsp3) is 0.556. The molecule has 3 aliphatic rings. The lowest BCUT2D eigenvalue weighted by Gasteiger charge is -2.16. The molecule has 3 fully saturated rings. The first kappa shape index (κ1) is 13.1. The molecule has 5 atom stereocenters. The van der Waals surface area contributed by atoms with Crippen LogP contribution in [0.4, 0.5) is 0 Å². The highest BCUT2D eigenvalue weighted by Crippen LogP contribution is 2.48. The lowest BCUT2D eigenvalue weighted by molar-refractivity contribution is -0.122. The molecule has 21 heavy (non-hydrogen) atoms. The summed E-state index contributed by atoms with van der Waals surface area (Å²) in [4.78, 5) is 12.1. The van der Waals surface area contributed by atoms with Crippen LogP contribution in [0.3, 0.4) is 0 Å². The van der Waals surface area contributed by atoms with Crippen LogP contribution in [0.25, 0.3) is 0 Å². The first-order valence-corrected chi connectivity index (χ1v) is 8.19. The van der Waals surface area contributed by atoms with Crippen molar-refractivity contribution in [1.29, 1.82) is 0 Å². The molecular formula is C18H22N2O. The van der Waals surface area contributed by atoms with Crippen molar-refractivity contribution in [3.8, 4) is 0 Å². The van der Waals surface area contributed by atoms with Crippen molar-refractivity contribution in [3.05, 3.63) is 35.9 Å². The smallest absolute Gasteiger partial charge is 0.243 e. The van der Waals surface area contributed by atoms with Crippen molar-refractivity contribution in [1.82, 2.24) is 5.43 Å². The Balaban J connectivity index is 1.28. The quantitative estimate of drug-likeness (QED) is 0.668. The third kappa shape index (κ3) is 2.61. The Morgan fingerprint density at radius 2 is 2.00 bits per heavy atom. The number of fused-ring (bicyclic) bond motifs is 2. The lowest BCUT2D eigenvalue weighted by atomic mass is 9.90. The number of benzene rings is 1. The van der Waals surface area contributed by atoms with Gasteiger partial charge in [-0.05, 0) is 54.9 Å². The minimum Gasteiger partial charge on any atom is -0.273 e. The number of carbonyl (C=O) groups excluding carboxylic acids is 1. The largest absolute Gasteiger partial charge is 0.273 e. The van der Waals surface area contributed by atoms with Gasteiger partial charge >= 0.3 is 0 Å². The molecule has 1 aromatic carbocycles. The molecule has 1 amide bonds. The first-order valence-electron chi connectivity index (χ1n) is 8.19. The van der Waals surface area contributed by atoms with E-state index in [-0.39, 0.29) is 11.8 Å². The standard InChI is InChI=1S/C18H22N2O/c21-18(17-10-16(17)13-4-2-1-3-5-13)20-19-11-15-9-12-6-7-14(15)8-12/h1-5,11-12,14-17H,6-10H2,(H,20,21)/b19-11-/t12-,14-,15-,16-,17-/m0/s1. The number of rotatable bonds is 4. The summed E-state index contributed by atoms with van der Waals surface area (Å²) in [6.07, 6.45) is 8.38. The molecule has 3 nitrogen and oxygen atoms in total. The van der Waals surface area contributed by atoms with Crippen molar-refractivity contribution in [2.24, 2.45) is 28.8 Å². The van der Waals surface area contributed by atoms with Gasteiger partial charge in [0.25, 0.3) is 0 Å². The van der Waals surface area contributed by atoms with Gasteiger partial charge in [-0.25, -0.2) is 5.43 Å². The molecule has 0 spiro atoms. The van der Waals surface area contributed by atoms with Crippen LogP contribution in [0.1, 0.15) is 43.6 Å². The fourth-order valence-electron chi connectivity index (χ4n) is 4.31. The summed E-state index contributed by atoms with van der Waals surface area (Å²) < 4.78 is 0. The number of hydrogen-bond acceptors (Lipinski definition) is 2. The van der Waals surface area contributed by atoms with E-state index in [2.05, 4.69) is 22.7 Å². The van der Waals surface area contributed by atoms with Gasteiger partial charge in [-0.1, -0.05) is 36.8 Å². The van der Waals surface area contributed by atoms with E-state index >= 15 is 0 Å². The minimum absolute atomic E-state index is 0.0864. The predicted molar refractivity (Wildman–Crippen MR) is 82.9 cm³/mol. The van der Waals surface area contributed by atoms with Crippen LogP contribution in [-0.4, -0.2) is 12.1 Å². The second kappa shape index (κ2) is 5.28. The average Bonchev–Trinajstić information content (AvgIpc) is 3.06. The Morgan fingerprint density at radius 3 is 2.71 bits per heavy atom. The second-order valence-electron chi connectivity index (χ2n) is 6.95. The van der Waals surface area contributed by atoms with Gasteiger partial charge in [-0.3, -0.25) is 4.79 Å². The summed E-state index contributed by atoms with van der Waals surface area (Å²) in [5.41, 5.74) is 4.03. The predicted octanol–water partition coefficient (Wildman–Crippen LogP) is 3.33. The number of hydrogen-bond donors (Lipinski definition) is 1. The van der Waals surface area contributed by atoms with Gasteiger partial charge in [-0.2, -0.15) is 5.10 Å². The van der Waals surface area contributed by atoms with Crippen LogP contribution in [0.15, 0.2) is 35.4 Å². The normalized spacial score (nSPS) is 37.0. The van der Waals surface area contributed by atoms with Crippen molar-refractivity contribution < 1.29 is 4.79 Å². The first-order chi connectivity index (χ1) is 10.3. The number of nitrogens with zero attached hydrogens (tertiary/aromatic N) is 1. The van der Waals surface area contributed by atoms with E-state index in [1.54, 1.807) is 0 Å². The maximum Gasteiger partial charge on any atom is 0.243 e. The molecule has 1 aromatic rings. The van der Waals surface area contributed by atoms with E-state index in [0.29, 0.717) is 11.8 Å². The van der Waals surface area contributed by atoms with E-state index in [1.165, 1.54) is 31.2 Å². The van der Waals surface area contributed by atoms with Crippen LogP contribution in [0, 0.1) is 23.7 Å². The molecule has 0 saturated heterocycles. The zero-order valence-corrected chi connectivity index (χ0v) is 12.2. The molecule has 3 saturated carbocycles. The van der Waals surface area contributed by atoms with Crippen molar-refractivity contribution in [2.45, 2.75) is 38.0 Å². The fourth-order valence-corrected chi connectivity index (χ4v) is 4.31. The monoisotopic (exact) mass is 282 g/mol. The summed E-state index contributed by atoms with van der Waals surface area (Å²) in [7, 11) is 0. The number of carbonyl (C=O) groups is 1. The SMILES string of the molecule is O=C(N/N=C\[C@@H]1C[C@H]2CC[C@H]1C2)[C@H]1C[C@H]1c1ccccc1. The summed E-state index contributed by atoms with van der Waals surface area (Å²) in [6, 6.07) is 10.3. The third-order valence-electron chi connectivity index (χ3n) is 5.59. The number of amides is 1. The molecule has 0 heterocycles. The molecule has 110 valence electrons. The molecule has 1 N–H and O–H groups in total. The zero-order valence-electron chi connectivity index (χ0n) is 12.2. The van der Waals surface area contributed by atoms with E-state index in [9.17, 15) is 4.79 Å². The number of nitrogens with one attached hydrogen (secondary N) is 1. The molecule has 2 bridgehead atoms. The molecule has 0 unspecified atom stereocenters. The van der Waals surface area contributed by atoms with Crippen LogP contribution >= 0.6 is 0 Å². The van der Waals surface area contributed by atoms with Gasteiger partial charge in [0.05, 0.1) is 0 Å². The zero-order chi connectivity index (χ0) is 14.2. The van der Waals surface area contributed by atoms with Gasteiger partial charge in [0.1, 0.15) is 0 Å². The molecular weight excluding hydrogens is 260 g/mol. The lowest BCUT2D eigenvalue weighted by Crippen LogP contribution is -2.22. The minimum atomic E-state index is 0.0864. The summed E-state index contributed by atoms with van der Waals surface area (Å²) in [5.74, 6) is 2.95. The van der Waals surface area contributed by atoms with Gasteiger partial charge in [-0.15, -0.1) is 0 Å². The van der Waals surface area contributed by atoms with E-state index < -0.39 is 0 Å². The van der Waals surface area contributed by atoms with E-state index in [4.69, 9.17) is 0 Å². The maximum atomic E-state index is 12.1. The molecule has 0 aliphatic heterocycles. The molecule has 0 radical (unpaired) electrons. The van der Waals surface area contributed by atoms with Crippen molar-refractivity contribution in [3.63, 3.8) is 0 Å². The topological polar surface area (TPSA) is 41.5 Å². The Bertz CT molecular complexity index is 554. The summed E-state index contributed by atoms with van der Waals surface area (Å²) in [5, 5.41) is 4.24. The van der Waals surface area contributed by atoms with Crippen LogP contribution < -0.4 is 5.43 Å². The van der Waals surface area contributed by atoms with Gasteiger partial charge in [0, 0.05) is 12.1 Å². The Morgan fingerprint density at radius 1 is 1.14 bits per heavy atom. The highest BCUT2D eigenvalue weighted by atomic mass is 16.2. The van der Waals surface area contributed by atoms with E-state index in [0.717, 1.165) is 18.3 Å². The van der Waals surface area contributed by atoms with Gasteiger partial charge in [0.15, 0.2) is 0 Å². The highest BCUT2D eigenvalue weighted by molar-refractivity contribution is 5.83. The van der Waals surface area contributed by atoms with Crippen LogP contribution in [-0.2, 0) is 4.79 Å².